The minimum Gasteiger partial charge on any atom is -0.493 e. The first kappa shape index (κ1) is 11.1. The lowest BCUT2D eigenvalue weighted by Gasteiger charge is -2.38. The summed E-state index contributed by atoms with van der Waals surface area (Å²) < 4.78 is 5.74. The van der Waals surface area contributed by atoms with Crippen molar-refractivity contribution in [1.82, 2.24) is 0 Å². The Balaban J connectivity index is 2.14. The molecule has 2 heteroatoms. The summed E-state index contributed by atoms with van der Waals surface area (Å²) in [5.41, 5.74) is 1.48. The molecule has 0 saturated heterocycles. The maximum absolute atomic E-state index is 11.1. The molecule has 0 aromatic heterocycles. The summed E-state index contributed by atoms with van der Waals surface area (Å²) in [6.45, 7) is 5.07. The predicted octanol–water partition coefficient (Wildman–Crippen LogP) is 3.02. The van der Waals surface area contributed by atoms with Crippen molar-refractivity contribution in [2.24, 2.45) is 5.41 Å². The van der Waals surface area contributed by atoms with Gasteiger partial charge >= 0.3 is 0 Å². The first-order chi connectivity index (χ1) is 8.05. The number of hydrogen-bond acceptors (Lipinski definition) is 2. The minimum absolute atomic E-state index is 0.0614. The fourth-order valence-electron chi connectivity index (χ4n) is 3.37. The van der Waals surface area contributed by atoms with Gasteiger partial charge in [0.1, 0.15) is 5.75 Å². The van der Waals surface area contributed by atoms with Crippen LogP contribution in [0.2, 0.25) is 0 Å². The first-order valence-corrected chi connectivity index (χ1v) is 6.52. The summed E-state index contributed by atoms with van der Waals surface area (Å²) in [6.07, 6.45) is 3.99. The van der Waals surface area contributed by atoms with E-state index < -0.39 is 5.60 Å². The highest BCUT2D eigenvalue weighted by molar-refractivity contribution is 5.48. The molecule has 0 bridgehead atoms. The van der Waals surface area contributed by atoms with Gasteiger partial charge in [-0.1, -0.05) is 32.0 Å². The molecule has 1 aliphatic carbocycles. The summed E-state index contributed by atoms with van der Waals surface area (Å²) in [6, 6.07) is 6.20. The molecule has 1 aliphatic heterocycles. The van der Waals surface area contributed by atoms with Gasteiger partial charge in [0.05, 0.1) is 12.2 Å². The van der Waals surface area contributed by atoms with Crippen LogP contribution in [0.25, 0.3) is 0 Å². The van der Waals surface area contributed by atoms with Crippen molar-refractivity contribution in [3.8, 4) is 5.75 Å². The van der Waals surface area contributed by atoms with E-state index in [2.05, 4.69) is 26.0 Å². The minimum atomic E-state index is -0.720. The zero-order valence-corrected chi connectivity index (χ0v) is 10.6. The van der Waals surface area contributed by atoms with Gasteiger partial charge in [0.25, 0.3) is 0 Å². The third kappa shape index (κ3) is 1.43. The van der Waals surface area contributed by atoms with Gasteiger partial charge in [-0.15, -0.1) is 0 Å². The van der Waals surface area contributed by atoms with Gasteiger partial charge in [0.2, 0.25) is 0 Å². The Morgan fingerprint density at radius 3 is 2.76 bits per heavy atom. The lowest BCUT2D eigenvalue weighted by molar-refractivity contribution is -0.0500. The van der Waals surface area contributed by atoms with Crippen molar-refractivity contribution in [3.63, 3.8) is 0 Å². The third-order valence-electron chi connectivity index (χ3n) is 4.62. The molecule has 1 heterocycles. The number of ether oxygens (including phenoxy) is 1. The second kappa shape index (κ2) is 3.49. The Kier molecular flexibility index (Phi) is 2.27. The molecule has 1 atom stereocenters. The summed E-state index contributed by atoms with van der Waals surface area (Å²) in [4.78, 5) is 0. The summed E-state index contributed by atoms with van der Waals surface area (Å²) in [5.74, 6) is 0.949. The summed E-state index contributed by atoms with van der Waals surface area (Å²) >= 11 is 0. The van der Waals surface area contributed by atoms with Gasteiger partial charge in [-0.2, -0.15) is 0 Å². The number of benzene rings is 1. The van der Waals surface area contributed by atoms with E-state index in [1.807, 2.05) is 6.07 Å². The van der Waals surface area contributed by atoms with Crippen molar-refractivity contribution in [2.45, 2.75) is 45.1 Å². The number of rotatable bonds is 1. The fourth-order valence-corrected chi connectivity index (χ4v) is 3.37. The van der Waals surface area contributed by atoms with E-state index in [4.69, 9.17) is 4.74 Å². The summed E-state index contributed by atoms with van der Waals surface area (Å²) in [7, 11) is 0. The van der Waals surface area contributed by atoms with Gasteiger partial charge < -0.3 is 9.84 Å². The van der Waals surface area contributed by atoms with Gasteiger partial charge in [-0.05, 0) is 30.2 Å². The Morgan fingerprint density at radius 1 is 1.24 bits per heavy atom. The molecular formula is C15H20O2. The fraction of sp³-hybridized carbons (Fsp3) is 0.600. The SMILES string of the molecule is CC1(C)CCCC1(O)c1cccc2c1OCC2. The molecule has 17 heavy (non-hydrogen) atoms. The molecule has 1 N–H and O–H groups in total. The van der Waals surface area contributed by atoms with Crippen LogP contribution < -0.4 is 4.74 Å². The van der Waals surface area contributed by atoms with Crippen LogP contribution in [0.4, 0.5) is 0 Å². The molecule has 1 fully saturated rings. The largest absolute Gasteiger partial charge is 0.493 e. The van der Waals surface area contributed by atoms with E-state index in [-0.39, 0.29) is 5.41 Å². The molecular weight excluding hydrogens is 212 g/mol. The molecule has 1 unspecified atom stereocenters. The predicted molar refractivity (Wildman–Crippen MR) is 67.2 cm³/mol. The van der Waals surface area contributed by atoms with E-state index in [0.717, 1.165) is 43.6 Å². The zero-order valence-electron chi connectivity index (χ0n) is 10.6. The molecule has 2 nitrogen and oxygen atoms in total. The van der Waals surface area contributed by atoms with Crippen LogP contribution in [0.15, 0.2) is 18.2 Å². The maximum atomic E-state index is 11.1. The smallest absolute Gasteiger partial charge is 0.128 e. The van der Waals surface area contributed by atoms with Crippen LogP contribution in [0.1, 0.15) is 44.2 Å². The lowest BCUT2D eigenvalue weighted by atomic mass is 9.73. The average molecular weight is 232 g/mol. The van der Waals surface area contributed by atoms with Gasteiger partial charge in [0.15, 0.2) is 0 Å². The van der Waals surface area contributed by atoms with E-state index in [1.165, 1.54) is 5.56 Å². The first-order valence-electron chi connectivity index (χ1n) is 6.52. The van der Waals surface area contributed by atoms with Crippen molar-refractivity contribution in [1.29, 1.82) is 0 Å². The third-order valence-corrected chi connectivity index (χ3v) is 4.62. The number of aliphatic hydroxyl groups is 1. The van der Waals surface area contributed by atoms with Crippen molar-refractivity contribution in [2.75, 3.05) is 6.61 Å². The standard InChI is InChI=1S/C15H20O2/c1-14(2)8-4-9-15(14,16)12-6-3-5-11-7-10-17-13(11)12/h3,5-6,16H,4,7-10H2,1-2H3. The molecule has 1 saturated carbocycles. The molecule has 2 aliphatic rings. The Labute approximate surface area is 103 Å². The highest BCUT2D eigenvalue weighted by Crippen LogP contribution is 2.55. The van der Waals surface area contributed by atoms with Gasteiger partial charge in [-0.3, -0.25) is 0 Å². The number of para-hydroxylation sites is 1. The molecule has 3 rings (SSSR count). The van der Waals surface area contributed by atoms with E-state index in [0.29, 0.717) is 0 Å². The van der Waals surface area contributed by atoms with Crippen molar-refractivity contribution >= 4 is 0 Å². The Morgan fingerprint density at radius 2 is 2.06 bits per heavy atom. The Bertz CT molecular complexity index is 450. The van der Waals surface area contributed by atoms with Crippen LogP contribution in [-0.2, 0) is 12.0 Å². The van der Waals surface area contributed by atoms with Gasteiger partial charge in [0, 0.05) is 12.0 Å². The topological polar surface area (TPSA) is 29.5 Å². The number of fused-ring (bicyclic) bond motifs is 1. The van der Waals surface area contributed by atoms with Crippen molar-refractivity contribution < 1.29 is 9.84 Å². The van der Waals surface area contributed by atoms with Gasteiger partial charge in [-0.25, -0.2) is 0 Å². The van der Waals surface area contributed by atoms with Crippen LogP contribution in [-0.4, -0.2) is 11.7 Å². The Hall–Kier alpha value is -1.02. The molecule has 0 radical (unpaired) electrons. The van der Waals surface area contributed by atoms with E-state index >= 15 is 0 Å². The zero-order chi connectivity index (χ0) is 12.1. The monoisotopic (exact) mass is 232 g/mol. The molecule has 92 valence electrons. The van der Waals surface area contributed by atoms with Crippen molar-refractivity contribution in [3.05, 3.63) is 29.3 Å². The van der Waals surface area contributed by atoms with Crippen LogP contribution >= 0.6 is 0 Å². The maximum Gasteiger partial charge on any atom is 0.128 e. The molecule has 1 aromatic carbocycles. The highest BCUT2D eigenvalue weighted by atomic mass is 16.5. The average Bonchev–Trinajstić information content (AvgIpc) is 2.84. The van der Waals surface area contributed by atoms with E-state index in [9.17, 15) is 5.11 Å². The number of hydrogen-bond donors (Lipinski definition) is 1. The van der Waals surface area contributed by atoms with Crippen LogP contribution in [0, 0.1) is 5.41 Å². The molecule has 1 aromatic rings. The normalized spacial score (nSPS) is 30.1. The van der Waals surface area contributed by atoms with Crippen LogP contribution in [0.5, 0.6) is 5.75 Å². The molecule has 0 spiro atoms. The lowest BCUT2D eigenvalue weighted by Crippen LogP contribution is -2.37. The second-order valence-electron chi connectivity index (χ2n) is 5.99. The van der Waals surface area contributed by atoms with E-state index in [1.54, 1.807) is 0 Å². The van der Waals surface area contributed by atoms with Crippen LogP contribution in [0.3, 0.4) is 0 Å². The quantitative estimate of drug-likeness (QED) is 0.806. The second-order valence-corrected chi connectivity index (χ2v) is 5.99. The highest BCUT2D eigenvalue weighted by Gasteiger charge is 2.50. The molecule has 0 amide bonds. The summed E-state index contributed by atoms with van der Waals surface area (Å²) in [5, 5.41) is 11.1.